The zero-order chi connectivity index (χ0) is 23.3. The van der Waals surface area contributed by atoms with Crippen molar-refractivity contribution in [1.82, 2.24) is 0 Å². The van der Waals surface area contributed by atoms with E-state index in [0.29, 0.717) is 10.7 Å². The second kappa shape index (κ2) is 8.37. The average Bonchev–Trinajstić information content (AvgIpc) is 3.32. The number of imide groups is 1. The highest BCUT2D eigenvalue weighted by Crippen LogP contribution is 2.48. The van der Waals surface area contributed by atoms with Gasteiger partial charge in [-0.25, -0.2) is 9.96 Å². The quantitative estimate of drug-likeness (QED) is 0.484. The summed E-state index contributed by atoms with van der Waals surface area (Å²) in [6.07, 6.45) is -0.939. The third-order valence-corrected chi connectivity index (χ3v) is 6.78. The van der Waals surface area contributed by atoms with Crippen LogP contribution >= 0.6 is 23.2 Å². The van der Waals surface area contributed by atoms with Crippen LogP contribution in [0.3, 0.4) is 0 Å². The molecular weight excluding hydrogens is 461 g/mol. The van der Waals surface area contributed by atoms with Crippen LogP contribution in [-0.4, -0.2) is 32.0 Å². The summed E-state index contributed by atoms with van der Waals surface area (Å²) in [5.41, 5.74) is 3.07. The lowest BCUT2D eigenvalue weighted by Crippen LogP contribution is -2.37. The molecule has 5 rings (SSSR count). The van der Waals surface area contributed by atoms with E-state index in [1.807, 2.05) is 73.6 Å². The van der Waals surface area contributed by atoms with Crippen LogP contribution in [0.1, 0.15) is 11.6 Å². The number of rotatable bonds is 4. The highest BCUT2D eigenvalue weighted by molar-refractivity contribution is 6.42. The first kappa shape index (κ1) is 21.8. The van der Waals surface area contributed by atoms with E-state index >= 15 is 0 Å². The molecule has 0 aliphatic carbocycles. The van der Waals surface area contributed by atoms with Crippen molar-refractivity contribution < 1.29 is 14.4 Å². The van der Waals surface area contributed by atoms with Gasteiger partial charge in [0.25, 0.3) is 5.91 Å². The van der Waals surface area contributed by atoms with Gasteiger partial charge < -0.3 is 4.90 Å². The lowest BCUT2D eigenvalue weighted by Gasteiger charge is -2.29. The van der Waals surface area contributed by atoms with Crippen molar-refractivity contribution in [1.29, 1.82) is 0 Å². The highest BCUT2D eigenvalue weighted by Gasteiger charge is 2.60. The van der Waals surface area contributed by atoms with Crippen molar-refractivity contribution in [3.05, 3.63) is 88.4 Å². The number of halogens is 2. The number of carbonyl (C=O) groups is 2. The van der Waals surface area contributed by atoms with Gasteiger partial charge in [-0.1, -0.05) is 53.5 Å². The molecule has 2 heterocycles. The van der Waals surface area contributed by atoms with E-state index in [9.17, 15) is 9.59 Å². The van der Waals surface area contributed by atoms with Gasteiger partial charge in [0.05, 0.1) is 27.5 Å². The van der Waals surface area contributed by atoms with E-state index in [1.165, 1.54) is 6.07 Å². The fourth-order valence-electron chi connectivity index (χ4n) is 4.40. The third-order valence-electron chi connectivity index (χ3n) is 6.04. The predicted molar refractivity (Wildman–Crippen MR) is 130 cm³/mol. The number of fused-ring (bicyclic) bond motifs is 1. The Morgan fingerprint density at radius 1 is 0.818 bits per heavy atom. The maximum atomic E-state index is 13.6. The largest absolute Gasteiger partial charge is 0.378 e. The number of carbonyl (C=O) groups excluding carboxylic acids is 2. The number of hydrogen-bond acceptors (Lipinski definition) is 5. The molecule has 0 spiro atoms. The van der Waals surface area contributed by atoms with Crippen LogP contribution in [0.25, 0.3) is 0 Å². The SMILES string of the molecule is CN(C)c1ccc([C@H]2[C@H]3C(=O)N(c4ccc(Cl)c(Cl)c4)C(=O)[C@H]3ON2c2ccccc2)cc1. The number of anilines is 3. The second-order valence-electron chi connectivity index (χ2n) is 8.25. The maximum absolute atomic E-state index is 13.6. The number of para-hydroxylation sites is 1. The van der Waals surface area contributed by atoms with Crippen molar-refractivity contribution in [3.8, 4) is 0 Å². The van der Waals surface area contributed by atoms with Gasteiger partial charge in [-0.15, -0.1) is 0 Å². The molecule has 2 aliphatic rings. The van der Waals surface area contributed by atoms with Crippen molar-refractivity contribution in [2.45, 2.75) is 12.1 Å². The molecule has 0 N–H and O–H groups in total. The molecule has 0 bridgehead atoms. The summed E-state index contributed by atoms with van der Waals surface area (Å²) in [5.74, 6) is -1.46. The van der Waals surface area contributed by atoms with Gasteiger partial charge in [-0.05, 0) is 48.0 Å². The van der Waals surface area contributed by atoms with Crippen molar-refractivity contribution >= 4 is 52.1 Å². The van der Waals surface area contributed by atoms with Gasteiger partial charge in [0.2, 0.25) is 5.91 Å². The highest BCUT2D eigenvalue weighted by atomic mass is 35.5. The molecule has 3 aromatic carbocycles. The van der Waals surface area contributed by atoms with Crippen LogP contribution < -0.4 is 14.9 Å². The molecule has 0 radical (unpaired) electrons. The fourth-order valence-corrected chi connectivity index (χ4v) is 4.69. The second-order valence-corrected chi connectivity index (χ2v) is 9.07. The smallest absolute Gasteiger partial charge is 0.266 e. The number of nitrogens with zero attached hydrogens (tertiary/aromatic N) is 3. The van der Waals surface area contributed by atoms with Gasteiger partial charge in [0, 0.05) is 19.8 Å². The topological polar surface area (TPSA) is 53.1 Å². The molecule has 8 heteroatoms. The summed E-state index contributed by atoms with van der Waals surface area (Å²) in [4.78, 5) is 36.3. The van der Waals surface area contributed by atoms with Crippen molar-refractivity contribution in [2.75, 3.05) is 29.0 Å². The Bertz CT molecular complexity index is 1220. The summed E-state index contributed by atoms with van der Waals surface area (Å²) in [7, 11) is 3.93. The number of amides is 2. The minimum atomic E-state index is -0.939. The molecule has 6 nitrogen and oxygen atoms in total. The molecule has 33 heavy (non-hydrogen) atoms. The molecular formula is C25H21Cl2N3O3. The number of hydroxylamine groups is 1. The monoisotopic (exact) mass is 481 g/mol. The molecule has 0 unspecified atom stereocenters. The van der Waals surface area contributed by atoms with E-state index in [1.54, 1.807) is 17.2 Å². The summed E-state index contributed by atoms with van der Waals surface area (Å²) >= 11 is 12.2. The first-order chi connectivity index (χ1) is 15.9. The van der Waals surface area contributed by atoms with Gasteiger partial charge in [0.15, 0.2) is 6.10 Å². The minimum absolute atomic E-state index is 0.273. The van der Waals surface area contributed by atoms with Gasteiger partial charge >= 0.3 is 0 Å². The van der Waals surface area contributed by atoms with Crippen LogP contribution in [-0.2, 0) is 14.4 Å². The maximum Gasteiger partial charge on any atom is 0.266 e. The van der Waals surface area contributed by atoms with Gasteiger partial charge in [-0.3, -0.25) is 14.4 Å². The van der Waals surface area contributed by atoms with Gasteiger partial charge in [0.1, 0.15) is 5.92 Å². The summed E-state index contributed by atoms with van der Waals surface area (Å²) in [6, 6.07) is 21.6. The Kier molecular flexibility index (Phi) is 5.52. The van der Waals surface area contributed by atoms with E-state index in [4.69, 9.17) is 28.0 Å². The first-order valence-electron chi connectivity index (χ1n) is 10.5. The Morgan fingerprint density at radius 2 is 1.52 bits per heavy atom. The van der Waals surface area contributed by atoms with E-state index < -0.39 is 24.0 Å². The van der Waals surface area contributed by atoms with E-state index in [-0.39, 0.29) is 10.9 Å². The van der Waals surface area contributed by atoms with Crippen LogP contribution in [0.15, 0.2) is 72.8 Å². The van der Waals surface area contributed by atoms with Crippen molar-refractivity contribution in [2.24, 2.45) is 5.92 Å². The normalized spacial score (nSPS) is 22.1. The lowest BCUT2D eigenvalue weighted by atomic mass is 9.90. The summed E-state index contributed by atoms with van der Waals surface area (Å²) in [6.45, 7) is 0. The molecule has 2 saturated heterocycles. The predicted octanol–water partition coefficient (Wildman–Crippen LogP) is 5.11. The third kappa shape index (κ3) is 3.64. The minimum Gasteiger partial charge on any atom is -0.378 e. The summed E-state index contributed by atoms with van der Waals surface area (Å²) < 4.78 is 0. The number of hydrogen-bond donors (Lipinski definition) is 0. The molecule has 0 aromatic heterocycles. The lowest BCUT2D eigenvalue weighted by molar-refractivity contribution is -0.126. The summed E-state index contributed by atoms with van der Waals surface area (Å²) in [5, 5.41) is 2.31. The van der Waals surface area contributed by atoms with Crippen LogP contribution in [0.4, 0.5) is 17.1 Å². The van der Waals surface area contributed by atoms with Crippen LogP contribution in [0.5, 0.6) is 0 Å². The fraction of sp³-hybridized carbons (Fsp3) is 0.200. The van der Waals surface area contributed by atoms with E-state index in [0.717, 1.165) is 21.8 Å². The Labute approximate surface area is 201 Å². The van der Waals surface area contributed by atoms with Gasteiger partial charge in [-0.2, -0.15) is 0 Å². The Balaban J connectivity index is 1.57. The standard InChI is InChI=1S/C25H21Cl2N3O3/c1-28(2)16-10-8-15(9-11-16)22-21-23(33-30(22)17-6-4-3-5-7-17)25(32)29(24(21)31)18-12-13-19(26)20(27)14-18/h3-14,21-23H,1-2H3/t21-,22+,23+/m1/s1. The van der Waals surface area contributed by atoms with E-state index in [2.05, 4.69) is 0 Å². The molecule has 2 amide bonds. The molecule has 3 atom stereocenters. The average molecular weight is 482 g/mol. The molecule has 0 saturated carbocycles. The van der Waals surface area contributed by atoms with Crippen molar-refractivity contribution in [3.63, 3.8) is 0 Å². The molecule has 2 aliphatic heterocycles. The first-order valence-corrected chi connectivity index (χ1v) is 11.2. The Morgan fingerprint density at radius 3 is 2.15 bits per heavy atom. The number of benzene rings is 3. The zero-order valence-corrected chi connectivity index (χ0v) is 19.5. The zero-order valence-electron chi connectivity index (χ0n) is 18.0. The Hall–Kier alpha value is -3.06. The van der Waals surface area contributed by atoms with Crippen LogP contribution in [0.2, 0.25) is 10.0 Å². The van der Waals surface area contributed by atoms with Crippen LogP contribution in [0, 0.1) is 5.92 Å². The molecule has 2 fully saturated rings. The molecule has 168 valence electrons. The molecule has 3 aromatic rings.